The van der Waals surface area contributed by atoms with Crippen LogP contribution in [0.25, 0.3) is 0 Å². The largest absolute Gasteiger partial charge is 0.318 e. The normalized spacial score (nSPS) is 9.77. The summed E-state index contributed by atoms with van der Waals surface area (Å²) in [6.07, 6.45) is 1.91. The second-order valence-corrected chi connectivity index (χ2v) is 5.81. The van der Waals surface area contributed by atoms with Crippen molar-refractivity contribution in [3.63, 3.8) is 0 Å². The van der Waals surface area contributed by atoms with Crippen LogP contribution in [-0.2, 0) is 0 Å². The molecular weight excluding hydrogens is 296 g/mol. The van der Waals surface area contributed by atoms with Crippen LogP contribution in [0.5, 0.6) is 0 Å². The molecule has 0 bridgehead atoms. The Morgan fingerprint density at radius 2 is 2.05 bits per heavy atom. The number of aldehydes is 1. The topological polar surface area (TPSA) is 80.8 Å². The van der Waals surface area contributed by atoms with E-state index in [1.54, 1.807) is 12.1 Å². The van der Waals surface area contributed by atoms with Crippen LogP contribution in [0.1, 0.15) is 33.8 Å². The van der Waals surface area contributed by atoms with Gasteiger partial charge in [0.05, 0.1) is 17.7 Å². The lowest BCUT2D eigenvalue weighted by molar-refractivity contribution is 0.111. The summed E-state index contributed by atoms with van der Waals surface area (Å²) in [5.41, 5.74) is 1.92. The number of rotatable bonds is 6. The lowest BCUT2D eigenvalue weighted by Gasteiger charge is -2.21. The Morgan fingerprint density at radius 1 is 1.32 bits per heavy atom. The van der Waals surface area contributed by atoms with Crippen molar-refractivity contribution in [2.45, 2.75) is 19.8 Å². The zero-order chi connectivity index (χ0) is 15.9. The summed E-state index contributed by atoms with van der Waals surface area (Å²) in [6.45, 7) is 2.49. The summed E-state index contributed by atoms with van der Waals surface area (Å²) in [5, 5.41) is 18.3. The lowest BCUT2D eigenvalue weighted by Crippen LogP contribution is -2.18. The number of aromatic nitrogens is 1. The molecule has 1 heterocycles. The minimum Gasteiger partial charge on any atom is -0.318 e. The van der Waals surface area contributed by atoms with E-state index in [1.807, 2.05) is 24.0 Å². The Kier molecular flexibility index (Phi) is 5.24. The van der Waals surface area contributed by atoms with E-state index in [0.29, 0.717) is 30.6 Å². The van der Waals surface area contributed by atoms with E-state index in [1.165, 1.54) is 11.3 Å². The number of thiazole rings is 1. The van der Waals surface area contributed by atoms with E-state index in [4.69, 9.17) is 10.5 Å². The monoisotopic (exact) mass is 310 g/mol. The molecule has 0 saturated carbocycles. The van der Waals surface area contributed by atoms with Crippen LogP contribution in [0.2, 0.25) is 0 Å². The summed E-state index contributed by atoms with van der Waals surface area (Å²) in [7, 11) is 0. The van der Waals surface area contributed by atoms with Gasteiger partial charge in [0, 0.05) is 23.5 Å². The lowest BCUT2D eigenvalue weighted by atomic mass is 10.2. The van der Waals surface area contributed by atoms with Crippen LogP contribution in [0.3, 0.4) is 0 Å². The number of aryl methyl sites for hydroxylation is 1. The highest BCUT2D eigenvalue weighted by molar-refractivity contribution is 7.15. The molecule has 22 heavy (non-hydrogen) atoms. The highest BCUT2D eigenvalue weighted by Crippen LogP contribution is 2.31. The Hall–Kier alpha value is -2.70. The van der Waals surface area contributed by atoms with Crippen molar-refractivity contribution in [2.75, 3.05) is 11.4 Å². The fourth-order valence-corrected chi connectivity index (χ4v) is 2.91. The zero-order valence-corrected chi connectivity index (χ0v) is 12.9. The molecule has 0 saturated heterocycles. The van der Waals surface area contributed by atoms with Gasteiger partial charge in [-0.05, 0) is 37.6 Å². The Labute approximate surface area is 133 Å². The van der Waals surface area contributed by atoms with Gasteiger partial charge in [-0.3, -0.25) is 4.79 Å². The molecule has 0 radical (unpaired) electrons. The van der Waals surface area contributed by atoms with Crippen molar-refractivity contribution in [2.24, 2.45) is 0 Å². The molecule has 6 heteroatoms. The average Bonchev–Trinajstić information content (AvgIpc) is 2.92. The van der Waals surface area contributed by atoms with Gasteiger partial charge < -0.3 is 4.90 Å². The zero-order valence-electron chi connectivity index (χ0n) is 12.1. The van der Waals surface area contributed by atoms with E-state index in [-0.39, 0.29) is 0 Å². The summed E-state index contributed by atoms with van der Waals surface area (Å²) < 4.78 is 0. The van der Waals surface area contributed by atoms with Gasteiger partial charge in [-0.25, -0.2) is 4.98 Å². The average molecular weight is 310 g/mol. The quantitative estimate of drug-likeness (QED) is 0.601. The molecule has 1 aromatic carbocycles. The smallest absolute Gasteiger partial charge is 0.190 e. The third-order valence-corrected chi connectivity index (χ3v) is 4.15. The molecule has 0 amide bonds. The molecule has 0 atom stereocenters. The number of hydrogen-bond donors (Lipinski definition) is 0. The van der Waals surface area contributed by atoms with Crippen LogP contribution in [-0.4, -0.2) is 17.8 Å². The fourth-order valence-electron chi connectivity index (χ4n) is 1.99. The van der Waals surface area contributed by atoms with Crippen molar-refractivity contribution < 1.29 is 4.79 Å². The molecule has 0 aliphatic rings. The van der Waals surface area contributed by atoms with E-state index < -0.39 is 0 Å². The highest BCUT2D eigenvalue weighted by atomic mass is 32.1. The van der Waals surface area contributed by atoms with E-state index in [2.05, 4.69) is 17.1 Å². The molecule has 0 unspecified atom stereocenters. The van der Waals surface area contributed by atoms with Gasteiger partial charge in [0.2, 0.25) is 0 Å². The van der Waals surface area contributed by atoms with Crippen molar-refractivity contribution in [3.05, 3.63) is 40.4 Å². The third kappa shape index (κ3) is 3.49. The van der Waals surface area contributed by atoms with Gasteiger partial charge in [-0.15, -0.1) is 11.3 Å². The van der Waals surface area contributed by atoms with Gasteiger partial charge in [-0.1, -0.05) is 0 Å². The number of nitrogens with zero attached hydrogens (tertiary/aromatic N) is 4. The second kappa shape index (κ2) is 7.35. The third-order valence-electron chi connectivity index (χ3n) is 3.14. The fraction of sp³-hybridized carbons (Fsp3) is 0.250. The van der Waals surface area contributed by atoms with Crippen LogP contribution in [0.4, 0.5) is 10.8 Å². The Bertz CT molecular complexity index is 737. The van der Waals surface area contributed by atoms with Gasteiger partial charge in [0.25, 0.3) is 0 Å². The number of anilines is 2. The van der Waals surface area contributed by atoms with Crippen LogP contribution in [0, 0.1) is 29.6 Å². The second-order valence-electron chi connectivity index (χ2n) is 4.63. The number of hydrogen-bond acceptors (Lipinski definition) is 6. The molecule has 5 nitrogen and oxygen atoms in total. The first-order valence-corrected chi connectivity index (χ1v) is 7.58. The number of benzene rings is 1. The van der Waals surface area contributed by atoms with Gasteiger partial charge in [0.15, 0.2) is 11.4 Å². The molecule has 2 rings (SSSR count). The molecule has 2 aromatic rings. The van der Waals surface area contributed by atoms with Gasteiger partial charge in [0.1, 0.15) is 5.69 Å². The minimum atomic E-state index is 0.443. The summed E-state index contributed by atoms with van der Waals surface area (Å²) >= 11 is 1.45. The maximum Gasteiger partial charge on any atom is 0.190 e. The molecule has 0 aliphatic carbocycles. The molecule has 0 aliphatic heterocycles. The van der Waals surface area contributed by atoms with Crippen molar-refractivity contribution in [1.82, 2.24) is 4.98 Å². The first kappa shape index (κ1) is 15.7. The summed E-state index contributed by atoms with van der Waals surface area (Å²) in [4.78, 5) is 18.2. The maximum atomic E-state index is 11.0. The van der Waals surface area contributed by atoms with E-state index >= 15 is 0 Å². The van der Waals surface area contributed by atoms with Gasteiger partial charge >= 0.3 is 0 Å². The first-order valence-electron chi connectivity index (χ1n) is 6.77. The minimum absolute atomic E-state index is 0.443. The molecule has 1 aromatic heterocycles. The summed E-state index contributed by atoms with van der Waals surface area (Å²) in [5.74, 6) is 0. The molecule has 0 spiro atoms. The molecule has 110 valence electrons. The molecular formula is C16H14N4OS. The predicted octanol–water partition coefficient (Wildman–Crippen LogP) is 3.58. The van der Waals surface area contributed by atoms with Gasteiger partial charge in [-0.2, -0.15) is 10.5 Å². The molecule has 0 fully saturated rings. The van der Waals surface area contributed by atoms with E-state index in [0.717, 1.165) is 22.0 Å². The van der Waals surface area contributed by atoms with Crippen LogP contribution >= 0.6 is 11.3 Å². The predicted molar refractivity (Wildman–Crippen MR) is 85.2 cm³/mol. The molecule has 0 N–H and O–H groups in total. The SMILES string of the molecule is Cc1sc(N(CCCC#N)c2ccc(C#N)cc2)nc1C=O. The van der Waals surface area contributed by atoms with Crippen molar-refractivity contribution >= 4 is 28.4 Å². The first-order chi connectivity index (χ1) is 10.7. The van der Waals surface area contributed by atoms with Crippen LogP contribution < -0.4 is 4.90 Å². The van der Waals surface area contributed by atoms with Crippen LogP contribution in [0.15, 0.2) is 24.3 Å². The number of carbonyl (C=O) groups excluding carboxylic acids is 1. The maximum absolute atomic E-state index is 11.0. The standard InChI is InChI=1S/C16H14N4OS/c1-12-15(11-21)19-16(22-12)20(9-3-2-8-17)14-6-4-13(10-18)5-7-14/h4-7,11H,2-3,9H2,1H3. The Balaban J connectivity index is 2.34. The summed E-state index contributed by atoms with van der Waals surface area (Å²) in [6, 6.07) is 11.4. The Morgan fingerprint density at radius 3 is 2.59 bits per heavy atom. The van der Waals surface area contributed by atoms with E-state index in [9.17, 15) is 4.79 Å². The number of nitriles is 2. The number of carbonyl (C=O) groups is 1. The van der Waals surface area contributed by atoms with Crippen molar-refractivity contribution in [3.8, 4) is 12.1 Å². The number of unbranched alkanes of at least 4 members (excludes halogenated alkanes) is 1. The highest BCUT2D eigenvalue weighted by Gasteiger charge is 2.15. The van der Waals surface area contributed by atoms with Crippen molar-refractivity contribution in [1.29, 1.82) is 10.5 Å².